The molecule has 2 rings (SSSR count). The monoisotopic (exact) mass is 440 g/mol. The number of aryl methyl sites for hydroxylation is 1. The van der Waals surface area contributed by atoms with E-state index in [4.69, 9.17) is 4.74 Å². The fourth-order valence-electron chi connectivity index (χ4n) is 2.19. The predicted molar refractivity (Wildman–Crippen MR) is 110 cm³/mol. The van der Waals surface area contributed by atoms with E-state index in [1.165, 1.54) is 5.56 Å². The van der Waals surface area contributed by atoms with Crippen LogP contribution in [0.5, 0.6) is 5.75 Å². The second-order valence-electron chi connectivity index (χ2n) is 5.17. The van der Waals surface area contributed by atoms with Gasteiger partial charge in [-0.2, -0.15) is 0 Å². The first-order chi connectivity index (χ1) is 11.2. The maximum Gasteiger partial charge on any atom is 0.191 e. The first kappa shape index (κ1) is 20.1. The van der Waals surface area contributed by atoms with Gasteiger partial charge in [-0.15, -0.1) is 24.0 Å². The summed E-state index contributed by atoms with van der Waals surface area (Å²) in [5, 5.41) is 6.61. The highest BCUT2D eigenvalue weighted by Gasteiger charge is 2.04. The van der Waals surface area contributed by atoms with Crippen molar-refractivity contribution in [3.63, 3.8) is 0 Å². The molecule has 0 radical (unpaired) electrons. The molecule has 0 unspecified atom stereocenters. The van der Waals surface area contributed by atoms with Crippen molar-refractivity contribution in [1.29, 1.82) is 0 Å². The zero-order chi connectivity index (χ0) is 16.5. The Morgan fingerprint density at radius 2 is 2.00 bits per heavy atom. The van der Waals surface area contributed by atoms with E-state index in [9.17, 15) is 0 Å². The molecule has 1 aromatic carbocycles. The zero-order valence-corrected chi connectivity index (χ0v) is 16.5. The second-order valence-corrected chi connectivity index (χ2v) is 5.17. The number of aliphatic imine (C=N–C) groups is 1. The average Bonchev–Trinajstić information content (AvgIpc) is 2.99. The molecular formula is C18H25IN4O. The van der Waals surface area contributed by atoms with Crippen LogP contribution < -0.4 is 15.4 Å². The number of hydrogen-bond donors (Lipinski definition) is 2. The lowest BCUT2D eigenvalue weighted by molar-refractivity contribution is 0.358. The van der Waals surface area contributed by atoms with Crippen LogP contribution in [-0.2, 0) is 20.1 Å². The molecular weight excluding hydrogens is 415 g/mol. The van der Waals surface area contributed by atoms with E-state index in [2.05, 4.69) is 34.5 Å². The molecule has 24 heavy (non-hydrogen) atoms. The van der Waals surface area contributed by atoms with Crippen LogP contribution in [-0.4, -0.2) is 24.2 Å². The second kappa shape index (κ2) is 10.7. The van der Waals surface area contributed by atoms with E-state index in [1.54, 1.807) is 13.1 Å². The van der Waals surface area contributed by atoms with Crippen molar-refractivity contribution in [2.45, 2.75) is 13.1 Å². The highest BCUT2D eigenvalue weighted by molar-refractivity contribution is 14.0. The Balaban J connectivity index is 0.00000288. The van der Waals surface area contributed by atoms with Crippen molar-refractivity contribution >= 4 is 29.9 Å². The number of ether oxygens (including phenoxy) is 1. The van der Waals surface area contributed by atoms with Crippen LogP contribution in [0.3, 0.4) is 0 Å². The first-order valence-electron chi connectivity index (χ1n) is 7.60. The maximum absolute atomic E-state index is 5.66. The van der Waals surface area contributed by atoms with Crippen LogP contribution in [0.25, 0.3) is 0 Å². The molecule has 0 aliphatic rings. The Morgan fingerprint density at radius 1 is 1.25 bits per heavy atom. The third-order valence-electron chi connectivity index (χ3n) is 3.35. The molecule has 0 amide bonds. The van der Waals surface area contributed by atoms with E-state index < -0.39 is 0 Å². The fourth-order valence-corrected chi connectivity index (χ4v) is 2.19. The number of aromatic nitrogens is 1. The quantitative estimate of drug-likeness (QED) is 0.301. The van der Waals surface area contributed by atoms with Crippen molar-refractivity contribution in [2.24, 2.45) is 12.0 Å². The molecule has 0 atom stereocenters. The topological polar surface area (TPSA) is 50.6 Å². The Kier molecular flexibility index (Phi) is 8.99. The molecule has 0 spiro atoms. The molecule has 5 nitrogen and oxygen atoms in total. The van der Waals surface area contributed by atoms with Gasteiger partial charge in [0.25, 0.3) is 0 Å². The minimum absolute atomic E-state index is 0. The van der Waals surface area contributed by atoms with Crippen molar-refractivity contribution in [3.05, 3.63) is 66.5 Å². The lowest BCUT2D eigenvalue weighted by Crippen LogP contribution is -2.36. The van der Waals surface area contributed by atoms with Gasteiger partial charge in [0.05, 0.1) is 0 Å². The SMILES string of the molecule is C=CCOc1ccccc1CNC(=NC)NCc1ccn(C)c1.I. The fraction of sp³-hybridized carbons (Fsp3) is 0.278. The van der Waals surface area contributed by atoms with Gasteiger partial charge in [-0.05, 0) is 17.7 Å². The highest BCUT2D eigenvalue weighted by Crippen LogP contribution is 2.17. The van der Waals surface area contributed by atoms with E-state index >= 15 is 0 Å². The van der Waals surface area contributed by atoms with Crippen molar-refractivity contribution in [3.8, 4) is 5.75 Å². The standard InChI is InChI=1S/C18H24N4O.HI/c1-4-11-23-17-8-6-5-7-16(17)13-21-18(19-2)20-12-15-9-10-22(3)14-15;/h4-10,14H,1,11-13H2,2-3H3,(H2,19,20,21);1H. The molecule has 1 aromatic heterocycles. The summed E-state index contributed by atoms with van der Waals surface area (Å²) in [4.78, 5) is 4.25. The molecule has 130 valence electrons. The van der Waals surface area contributed by atoms with Gasteiger partial charge in [-0.1, -0.05) is 30.9 Å². The smallest absolute Gasteiger partial charge is 0.191 e. The van der Waals surface area contributed by atoms with Crippen LogP contribution in [0.2, 0.25) is 0 Å². The van der Waals surface area contributed by atoms with Gasteiger partial charge < -0.3 is 19.9 Å². The summed E-state index contributed by atoms with van der Waals surface area (Å²) in [5.41, 5.74) is 2.29. The van der Waals surface area contributed by atoms with Crippen LogP contribution in [0.4, 0.5) is 0 Å². The van der Waals surface area contributed by atoms with E-state index in [0.29, 0.717) is 13.2 Å². The van der Waals surface area contributed by atoms with Crippen molar-refractivity contribution in [1.82, 2.24) is 15.2 Å². The average molecular weight is 440 g/mol. The van der Waals surface area contributed by atoms with Crippen LogP contribution in [0, 0.1) is 0 Å². The van der Waals surface area contributed by atoms with Crippen LogP contribution in [0.15, 0.2) is 60.4 Å². The number of nitrogens with one attached hydrogen (secondary N) is 2. The van der Waals surface area contributed by atoms with Gasteiger partial charge >= 0.3 is 0 Å². The van der Waals surface area contributed by atoms with Gasteiger partial charge in [-0.3, -0.25) is 4.99 Å². The maximum atomic E-state index is 5.66. The minimum atomic E-state index is 0. The lowest BCUT2D eigenvalue weighted by atomic mass is 10.2. The Bertz CT molecular complexity index is 667. The molecule has 0 bridgehead atoms. The molecule has 0 aliphatic carbocycles. The van der Waals surface area contributed by atoms with Gasteiger partial charge in [0.15, 0.2) is 5.96 Å². The summed E-state index contributed by atoms with van der Waals surface area (Å²) in [6, 6.07) is 10.0. The van der Waals surface area contributed by atoms with Gasteiger partial charge in [-0.25, -0.2) is 0 Å². The summed E-state index contributed by atoms with van der Waals surface area (Å²) < 4.78 is 7.69. The van der Waals surface area contributed by atoms with Crippen LogP contribution >= 0.6 is 24.0 Å². The number of hydrogen-bond acceptors (Lipinski definition) is 2. The first-order valence-corrected chi connectivity index (χ1v) is 7.60. The van der Waals surface area contributed by atoms with E-state index in [-0.39, 0.29) is 24.0 Å². The largest absolute Gasteiger partial charge is 0.489 e. The molecule has 0 saturated carbocycles. The predicted octanol–water partition coefficient (Wildman–Crippen LogP) is 3.07. The molecule has 0 aliphatic heterocycles. The molecule has 0 saturated heterocycles. The van der Waals surface area contributed by atoms with E-state index in [1.807, 2.05) is 42.1 Å². The Labute approximate surface area is 160 Å². The van der Waals surface area contributed by atoms with Crippen LogP contribution in [0.1, 0.15) is 11.1 Å². The number of guanidine groups is 1. The molecule has 0 fully saturated rings. The Morgan fingerprint density at radius 3 is 2.67 bits per heavy atom. The van der Waals surface area contributed by atoms with Gasteiger partial charge in [0.1, 0.15) is 12.4 Å². The van der Waals surface area contributed by atoms with Crippen molar-refractivity contribution in [2.75, 3.05) is 13.7 Å². The Hall–Kier alpha value is -1.96. The third-order valence-corrected chi connectivity index (χ3v) is 3.35. The summed E-state index contributed by atoms with van der Waals surface area (Å²) in [6.07, 6.45) is 5.85. The number of rotatable bonds is 7. The number of benzene rings is 1. The zero-order valence-electron chi connectivity index (χ0n) is 14.2. The number of para-hydroxylation sites is 1. The third kappa shape index (κ3) is 6.27. The summed E-state index contributed by atoms with van der Waals surface area (Å²) in [6.45, 7) is 5.55. The minimum Gasteiger partial charge on any atom is -0.489 e. The van der Waals surface area contributed by atoms with E-state index in [0.717, 1.165) is 23.8 Å². The highest BCUT2D eigenvalue weighted by atomic mass is 127. The number of halogens is 1. The molecule has 2 aromatic rings. The number of nitrogens with zero attached hydrogens (tertiary/aromatic N) is 2. The van der Waals surface area contributed by atoms with Gasteiger partial charge in [0.2, 0.25) is 0 Å². The normalized spacial score (nSPS) is 10.7. The summed E-state index contributed by atoms with van der Waals surface area (Å²) >= 11 is 0. The van der Waals surface area contributed by atoms with Crippen molar-refractivity contribution < 1.29 is 4.74 Å². The van der Waals surface area contributed by atoms with Gasteiger partial charge in [0, 0.05) is 45.1 Å². The summed E-state index contributed by atoms with van der Waals surface area (Å²) in [7, 11) is 3.77. The molecule has 1 heterocycles. The molecule has 6 heteroatoms. The summed E-state index contributed by atoms with van der Waals surface area (Å²) in [5.74, 6) is 1.62. The lowest BCUT2D eigenvalue weighted by Gasteiger charge is -2.14. The molecule has 2 N–H and O–H groups in total.